The molecule has 2 aliphatic carbocycles. The van der Waals surface area contributed by atoms with Crippen LogP contribution < -0.4 is 121 Å². The number of nitrogens with zero attached hydrogens (tertiary/aromatic N) is 6. The van der Waals surface area contributed by atoms with Crippen LogP contribution in [0.2, 0.25) is 0 Å². The number of ketones is 2. The van der Waals surface area contributed by atoms with Crippen molar-refractivity contribution in [2.24, 2.45) is 40.9 Å². The zero-order valence-corrected chi connectivity index (χ0v) is 51.8. The molecule has 6 aromatic rings. The summed E-state index contributed by atoms with van der Waals surface area (Å²) in [5.41, 5.74) is 14.9. The first-order valence-corrected chi connectivity index (χ1v) is 26.5. The van der Waals surface area contributed by atoms with Crippen molar-refractivity contribution in [1.29, 1.82) is 0 Å². The number of anilines is 4. The molecule has 14 N–H and O–H groups in total. The number of aromatic hydroxyl groups is 4. The quantitative estimate of drug-likeness (QED) is 0.0138. The van der Waals surface area contributed by atoms with Crippen LogP contribution in [0.4, 0.5) is 45.5 Å². The summed E-state index contributed by atoms with van der Waals surface area (Å²) in [5, 5.41) is 72.2. The number of phenolic OH excluding ortho intramolecular Hbond substituents is 4. The first-order valence-electron chi connectivity index (χ1n) is 20.6. The maximum atomic E-state index is 13.1. The molecule has 0 unspecified atom stereocenters. The van der Waals surface area contributed by atoms with Gasteiger partial charge in [0.2, 0.25) is 31.6 Å². The van der Waals surface area contributed by atoms with Crippen LogP contribution in [0.25, 0.3) is 12.2 Å². The summed E-state index contributed by atoms with van der Waals surface area (Å²) in [6.45, 7) is 0. The Kier molecular flexibility index (Phi) is 23.4. The van der Waals surface area contributed by atoms with Crippen LogP contribution in [0.15, 0.2) is 159 Å². The van der Waals surface area contributed by atoms with E-state index < -0.39 is 94.4 Å². The number of allylic oxidation sites excluding steroid dienone is 2. The van der Waals surface area contributed by atoms with Gasteiger partial charge in [0.25, 0.3) is 0 Å². The Hall–Kier alpha value is -5.75. The maximum absolute atomic E-state index is 13.1. The Morgan fingerprint density at radius 1 is 0.463 bits per heavy atom. The molecule has 0 amide bonds. The van der Waals surface area contributed by atoms with Crippen LogP contribution in [-0.4, -0.2) is 86.2 Å². The van der Waals surface area contributed by atoms with Gasteiger partial charge in [0.05, 0.1) is 53.7 Å². The van der Waals surface area contributed by atoms with Gasteiger partial charge in [-0.05, 0) is 120 Å². The van der Waals surface area contributed by atoms with Crippen LogP contribution in [0.5, 0.6) is 23.0 Å². The molecule has 0 radical (unpaired) electrons. The molecule has 36 heteroatoms. The van der Waals surface area contributed by atoms with Crippen LogP contribution in [0.3, 0.4) is 0 Å². The second-order valence-electron chi connectivity index (χ2n) is 15.6. The summed E-state index contributed by atoms with van der Waals surface area (Å²) in [4.78, 5) is 23.4. The molecular formula is C44H34CrN12Na3O16S4+. The summed E-state index contributed by atoms with van der Waals surface area (Å²) < 4.78 is 118. The molecule has 398 valence electrons. The van der Waals surface area contributed by atoms with E-state index >= 15 is 0 Å². The van der Waals surface area contributed by atoms with E-state index in [1.54, 1.807) is 0 Å². The van der Waals surface area contributed by atoms with Crippen molar-refractivity contribution in [2.45, 2.75) is 9.79 Å². The molecule has 0 spiro atoms. The summed E-state index contributed by atoms with van der Waals surface area (Å²) in [7, 11) is -18.8. The summed E-state index contributed by atoms with van der Waals surface area (Å²) in [6, 6.07) is 21.9. The van der Waals surface area contributed by atoms with Gasteiger partial charge in [-0.1, -0.05) is 0 Å². The smallest absolute Gasteiger partial charge is 0.744 e. The molecule has 0 heterocycles. The Morgan fingerprint density at radius 3 is 1.12 bits per heavy atom. The van der Waals surface area contributed by atoms with Crippen LogP contribution >= 0.6 is 0 Å². The first-order chi connectivity index (χ1) is 35.5. The molecule has 8 rings (SSSR count). The fourth-order valence-electron chi connectivity index (χ4n) is 6.65. The number of carbonyl (C=O) groups excluding carboxylic acids is 2. The normalized spacial score (nSPS) is 14.2. The van der Waals surface area contributed by atoms with E-state index in [0.717, 1.165) is 48.6 Å². The number of benzene rings is 6. The predicted molar refractivity (Wildman–Crippen MR) is 271 cm³/mol. The van der Waals surface area contributed by atoms with Crippen LogP contribution in [0, 0.1) is 0 Å². The van der Waals surface area contributed by atoms with Gasteiger partial charge in [-0.2, -0.15) is 20.4 Å². The van der Waals surface area contributed by atoms with E-state index in [1.165, 1.54) is 72.8 Å². The van der Waals surface area contributed by atoms with Gasteiger partial charge in [0, 0.05) is 40.6 Å². The number of azo groups is 2. The Morgan fingerprint density at radius 2 is 0.812 bits per heavy atom. The van der Waals surface area contributed by atoms with Crippen LogP contribution in [0.1, 0.15) is 31.8 Å². The van der Waals surface area contributed by atoms with Gasteiger partial charge >= 0.3 is 88.7 Å². The van der Waals surface area contributed by atoms with E-state index in [4.69, 9.17) is 21.7 Å². The Bertz CT molecular complexity index is 3890. The number of Topliss-reactive ketones (excluding diaryl/α,β-unsaturated/α-hetero) is 2. The topological polar surface area (TPSA) is 500 Å². The SMILES string of the molecule is Nc1cc(O)ccc1N=Nc1ccc2c(c1)C=C(S(=O)(=O)[O-])C(=NNc1cc(S(N)(=O)=O)ccc1O)C2=O.Nc1cc(O)ccc1N=Nc1ccc2c(c1)C=C(S(=O)(=O)[O-])C(=NNc1cc(S(N)(=O)=O)ccc1O)C2=O.[Cr].[Na+].[Na+].[Na+]. The van der Waals surface area contributed by atoms with E-state index in [2.05, 4.69) is 41.5 Å². The number of phenols is 4. The van der Waals surface area contributed by atoms with E-state index in [0.29, 0.717) is 0 Å². The number of nitrogens with one attached hydrogen (secondary N) is 2. The van der Waals surface area contributed by atoms with Gasteiger partial charge < -0.3 is 41.0 Å². The molecule has 0 saturated heterocycles. The minimum atomic E-state index is -5.23. The zero-order valence-electron chi connectivity index (χ0n) is 41.3. The number of carbonyl (C=O) groups is 2. The third kappa shape index (κ3) is 16.7. The molecule has 0 fully saturated rings. The van der Waals surface area contributed by atoms with Crippen molar-refractivity contribution >= 4 is 121 Å². The number of fused-ring (bicyclic) bond motifs is 2. The second kappa shape index (κ2) is 27.3. The van der Waals surface area contributed by atoms with Crippen molar-refractivity contribution in [3.05, 3.63) is 141 Å². The fraction of sp³-hybridized carbons (Fsp3) is 0. The number of hydrazone groups is 2. The molecular weight excluding hydrogens is 1200 g/mol. The average Bonchev–Trinajstić information content (AvgIpc) is 3.32. The monoisotopic (exact) mass is 1240 g/mol. The number of rotatable bonds is 12. The molecule has 80 heavy (non-hydrogen) atoms. The molecule has 0 bridgehead atoms. The van der Waals surface area contributed by atoms with Gasteiger partial charge in [-0.15, -0.1) is 10.2 Å². The minimum absolute atomic E-state index is 0. The number of primary sulfonamides is 2. The predicted octanol–water partition coefficient (Wildman–Crippen LogP) is -4.40. The molecule has 0 saturated carbocycles. The molecule has 6 aromatic carbocycles. The second-order valence-corrected chi connectivity index (χ2v) is 21.4. The average molecular weight is 1240 g/mol. The number of nitrogen functional groups attached to an aromatic ring is 2. The number of nitrogens with two attached hydrogens (primary N) is 4. The Labute approximate surface area is 531 Å². The van der Waals surface area contributed by atoms with Crippen molar-refractivity contribution in [3.8, 4) is 23.0 Å². The van der Waals surface area contributed by atoms with Crippen molar-refractivity contribution in [2.75, 3.05) is 22.3 Å². The zero-order chi connectivity index (χ0) is 55.7. The van der Waals surface area contributed by atoms with Gasteiger partial charge in [0.15, 0.2) is 0 Å². The number of hydrogen-bond acceptors (Lipinski definition) is 26. The summed E-state index contributed by atoms with van der Waals surface area (Å²) in [6.07, 6.45) is 1.85. The molecule has 0 atom stereocenters. The third-order valence-corrected chi connectivity index (χ3v) is 13.8. The maximum Gasteiger partial charge on any atom is 1.00 e. The molecule has 0 aromatic heterocycles. The number of hydrogen-bond donors (Lipinski definition) is 10. The minimum Gasteiger partial charge on any atom is -0.744 e. The van der Waals surface area contributed by atoms with Crippen LogP contribution in [-0.2, 0) is 57.6 Å². The van der Waals surface area contributed by atoms with E-state index in [-0.39, 0.29) is 185 Å². The van der Waals surface area contributed by atoms with Crippen molar-refractivity contribution in [3.63, 3.8) is 0 Å². The van der Waals surface area contributed by atoms with E-state index in [9.17, 15) is 72.8 Å². The number of sulfonamides is 2. The van der Waals surface area contributed by atoms with Crippen molar-refractivity contribution in [1.82, 2.24) is 0 Å². The molecule has 28 nitrogen and oxygen atoms in total. The largest absolute Gasteiger partial charge is 1.00 e. The standard InChI is InChI=1S/2C22H18N6O8S2.Cr.3Na/c2*23-16-9-13(29)2-5-17(16)26-25-12-1-4-15-11(7-12)8-20(38(34,35)36)21(22(15)31)28-27-18-10-14(37(24,32)33)3-6-19(18)30;;;;/h2*1-10,27,29-30H,23H2,(H2,24,32,33)(H,34,35,36);;;;/q;;;3*+1/p-2. The molecule has 0 aliphatic heterocycles. The summed E-state index contributed by atoms with van der Waals surface area (Å²) in [5.74, 6) is -3.01. The van der Waals surface area contributed by atoms with Gasteiger partial charge in [0.1, 0.15) is 66.0 Å². The van der Waals surface area contributed by atoms with E-state index in [1.807, 2.05) is 0 Å². The molecule has 2 aliphatic rings. The third-order valence-electron chi connectivity index (χ3n) is 10.3. The first kappa shape index (κ1) is 68.5. The Balaban J connectivity index is 0.000000400. The van der Waals surface area contributed by atoms with Crippen molar-refractivity contribution < 1.29 is 179 Å². The van der Waals surface area contributed by atoms with Gasteiger partial charge in [-0.25, -0.2) is 43.9 Å². The fourth-order valence-corrected chi connectivity index (χ4v) is 9.03. The summed E-state index contributed by atoms with van der Waals surface area (Å²) >= 11 is 0. The van der Waals surface area contributed by atoms with Gasteiger partial charge in [-0.3, -0.25) is 20.4 Å².